The summed E-state index contributed by atoms with van der Waals surface area (Å²) in [7, 11) is 0. The fraction of sp³-hybridized carbons (Fsp3) is 0.364. The number of nitrogens with one attached hydrogen (secondary N) is 1. The number of amidine groups is 1. The molecule has 1 unspecified atom stereocenters. The summed E-state index contributed by atoms with van der Waals surface area (Å²) >= 11 is 1.46. The number of aromatic nitrogens is 1. The maximum Gasteiger partial charge on any atom is 0.274 e. The number of hydrogen-bond acceptors (Lipinski definition) is 6. The van der Waals surface area contributed by atoms with Crippen molar-refractivity contribution in [2.75, 3.05) is 5.32 Å². The molecule has 6 nitrogen and oxygen atoms in total. The number of benzene rings is 1. The molecule has 0 saturated heterocycles. The summed E-state index contributed by atoms with van der Waals surface area (Å²) in [5.41, 5.74) is 5.89. The zero-order chi connectivity index (χ0) is 22.4. The third-order valence-electron chi connectivity index (χ3n) is 5.92. The largest absolute Gasteiger partial charge is 0.378 e. The fourth-order valence-corrected chi connectivity index (χ4v) is 6.03. The molecular weight excluding hydrogens is 422 g/mol. The Morgan fingerprint density at radius 3 is 2.61 bits per heavy atom. The predicted molar refractivity (Wildman–Crippen MR) is 116 cm³/mol. The van der Waals surface area contributed by atoms with E-state index in [0.29, 0.717) is 35.7 Å². The summed E-state index contributed by atoms with van der Waals surface area (Å²) in [5, 5.41) is 3.02. The Morgan fingerprint density at radius 1 is 1.23 bits per heavy atom. The van der Waals surface area contributed by atoms with Crippen LogP contribution in [0, 0.1) is 17.6 Å². The predicted octanol–water partition coefficient (Wildman–Crippen LogP) is 4.02. The van der Waals surface area contributed by atoms with Gasteiger partial charge in [0.1, 0.15) is 23.1 Å². The van der Waals surface area contributed by atoms with Crippen molar-refractivity contribution in [1.29, 1.82) is 0 Å². The van der Waals surface area contributed by atoms with Crippen LogP contribution in [-0.4, -0.2) is 26.6 Å². The molecule has 1 aromatic heterocycles. The van der Waals surface area contributed by atoms with Gasteiger partial charge in [-0.1, -0.05) is 11.8 Å². The third-order valence-corrected chi connectivity index (χ3v) is 7.13. The lowest BCUT2D eigenvalue weighted by atomic mass is 9.66. The van der Waals surface area contributed by atoms with E-state index < -0.39 is 23.1 Å². The van der Waals surface area contributed by atoms with Crippen LogP contribution in [0.5, 0.6) is 0 Å². The van der Waals surface area contributed by atoms with Crippen LogP contribution in [0.25, 0.3) is 0 Å². The van der Waals surface area contributed by atoms with Crippen LogP contribution in [0.3, 0.4) is 0 Å². The van der Waals surface area contributed by atoms with Gasteiger partial charge in [-0.05, 0) is 63.4 Å². The number of pyridine rings is 1. The van der Waals surface area contributed by atoms with Crippen molar-refractivity contribution in [3.8, 4) is 0 Å². The van der Waals surface area contributed by atoms with Gasteiger partial charge in [-0.15, -0.1) is 0 Å². The minimum absolute atomic E-state index is 0.00123. The highest BCUT2D eigenvalue weighted by Crippen LogP contribution is 2.57. The molecule has 1 aromatic carbocycles. The van der Waals surface area contributed by atoms with Crippen molar-refractivity contribution in [3.05, 3.63) is 59.4 Å². The summed E-state index contributed by atoms with van der Waals surface area (Å²) in [6.07, 6.45) is 2.86. The second-order valence-electron chi connectivity index (χ2n) is 8.41. The lowest BCUT2D eigenvalue weighted by molar-refractivity contribution is -0.124. The first kappa shape index (κ1) is 21.4. The van der Waals surface area contributed by atoms with Gasteiger partial charge in [0.15, 0.2) is 5.17 Å². The van der Waals surface area contributed by atoms with Gasteiger partial charge in [0.25, 0.3) is 5.91 Å². The van der Waals surface area contributed by atoms with E-state index in [2.05, 4.69) is 15.3 Å². The minimum atomic E-state index is -0.934. The van der Waals surface area contributed by atoms with E-state index >= 15 is 0 Å². The quantitative estimate of drug-likeness (QED) is 0.743. The number of rotatable bonds is 4. The van der Waals surface area contributed by atoms with E-state index in [4.69, 9.17) is 5.73 Å². The Hall–Kier alpha value is -2.81. The van der Waals surface area contributed by atoms with E-state index in [1.165, 1.54) is 30.0 Å². The van der Waals surface area contributed by atoms with Gasteiger partial charge in [-0.3, -0.25) is 14.6 Å². The van der Waals surface area contributed by atoms with Crippen molar-refractivity contribution in [2.24, 2.45) is 16.6 Å². The van der Waals surface area contributed by atoms with Crippen molar-refractivity contribution < 1.29 is 18.4 Å². The molecule has 1 saturated carbocycles. The van der Waals surface area contributed by atoms with Gasteiger partial charge in [0.2, 0.25) is 0 Å². The molecule has 1 spiro atoms. The van der Waals surface area contributed by atoms with Crippen LogP contribution in [-0.2, 0) is 10.3 Å². The van der Waals surface area contributed by atoms with Crippen LogP contribution in [0.1, 0.15) is 49.2 Å². The summed E-state index contributed by atoms with van der Waals surface area (Å²) < 4.78 is 27.7. The number of nitrogens with two attached hydrogens (primary N) is 1. The first-order valence-corrected chi connectivity index (χ1v) is 10.7. The van der Waals surface area contributed by atoms with Crippen molar-refractivity contribution in [1.82, 2.24) is 4.98 Å². The monoisotopic (exact) mass is 444 g/mol. The molecule has 1 atom stereocenters. The summed E-state index contributed by atoms with van der Waals surface area (Å²) in [6.45, 7) is 3.40. The second-order valence-corrected chi connectivity index (χ2v) is 9.90. The lowest BCUT2D eigenvalue weighted by Gasteiger charge is -2.51. The smallest absolute Gasteiger partial charge is 0.274 e. The van der Waals surface area contributed by atoms with Gasteiger partial charge in [0.05, 0.1) is 11.7 Å². The Kier molecular flexibility index (Phi) is 5.33. The fourth-order valence-electron chi connectivity index (χ4n) is 4.42. The molecule has 31 heavy (non-hydrogen) atoms. The first-order valence-electron chi connectivity index (χ1n) is 9.87. The van der Waals surface area contributed by atoms with Gasteiger partial charge in [-0.25, -0.2) is 13.8 Å². The summed E-state index contributed by atoms with van der Waals surface area (Å²) in [6, 6.07) is 6.67. The molecule has 9 heteroatoms. The number of halogens is 2. The SMILES string of the molecule is CC(=O)C1CC2(C1)CC(C)(c1cc(NC(=O)c3ccc(F)cn3)ccc1F)N=C(N)S2. The number of aliphatic imine (C=N–C) groups is 1. The molecule has 2 aliphatic rings. The Morgan fingerprint density at radius 2 is 1.97 bits per heavy atom. The molecule has 1 amide bonds. The summed E-state index contributed by atoms with van der Waals surface area (Å²) in [4.78, 5) is 32.4. The molecule has 0 bridgehead atoms. The molecule has 1 aliphatic carbocycles. The van der Waals surface area contributed by atoms with Gasteiger partial charge in [-0.2, -0.15) is 0 Å². The second kappa shape index (κ2) is 7.71. The molecular formula is C22H22F2N4O2S. The lowest BCUT2D eigenvalue weighted by Crippen LogP contribution is -2.51. The maximum absolute atomic E-state index is 14.9. The number of thioether (sulfide) groups is 1. The number of Topliss-reactive ketones (excluding diaryl/α,β-unsaturated/α-hetero) is 1. The molecule has 4 rings (SSSR count). The van der Waals surface area contributed by atoms with Crippen molar-refractivity contribution in [3.63, 3.8) is 0 Å². The number of carbonyl (C=O) groups excluding carboxylic acids is 2. The Labute approximate surface area is 182 Å². The number of carbonyl (C=O) groups is 2. The first-order chi connectivity index (χ1) is 14.6. The summed E-state index contributed by atoms with van der Waals surface area (Å²) in [5.74, 6) is -1.39. The third kappa shape index (κ3) is 4.19. The molecule has 2 aromatic rings. The zero-order valence-corrected chi connectivity index (χ0v) is 17.9. The standard InChI is InChI=1S/C22H22F2N4O2S/c1-12(29)13-8-22(9-13)11-21(2,28-20(25)31-22)16-7-15(4-5-17(16)24)27-19(30)18-6-3-14(23)10-26-18/h3-7,10,13H,8-9,11H2,1-2H3,(H2,25,28)(H,27,30). The number of anilines is 1. The Balaban J connectivity index is 1.60. The normalized spacial score (nSPS) is 27.4. The molecule has 1 aliphatic heterocycles. The van der Waals surface area contributed by atoms with Crippen LogP contribution in [0.15, 0.2) is 41.5 Å². The molecule has 162 valence electrons. The van der Waals surface area contributed by atoms with Gasteiger partial charge >= 0.3 is 0 Å². The molecule has 1 fully saturated rings. The van der Waals surface area contributed by atoms with Crippen LogP contribution < -0.4 is 11.1 Å². The highest BCUT2D eigenvalue weighted by molar-refractivity contribution is 8.15. The van der Waals surface area contributed by atoms with Crippen LogP contribution in [0.2, 0.25) is 0 Å². The number of hydrogen-bond donors (Lipinski definition) is 2. The number of ketones is 1. The average molecular weight is 445 g/mol. The van der Waals surface area contributed by atoms with E-state index in [1.807, 2.05) is 6.92 Å². The van der Waals surface area contributed by atoms with Crippen molar-refractivity contribution >= 4 is 34.3 Å². The van der Waals surface area contributed by atoms with Crippen molar-refractivity contribution in [2.45, 2.75) is 43.4 Å². The zero-order valence-electron chi connectivity index (χ0n) is 17.1. The van der Waals surface area contributed by atoms with E-state index in [0.717, 1.165) is 12.3 Å². The van der Waals surface area contributed by atoms with E-state index in [-0.39, 0.29) is 22.1 Å². The highest BCUT2D eigenvalue weighted by Gasteiger charge is 2.54. The number of amides is 1. The Bertz CT molecular complexity index is 1080. The van der Waals surface area contributed by atoms with Gasteiger partial charge in [0, 0.05) is 21.9 Å². The van der Waals surface area contributed by atoms with Crippen LogP contribution >= 0.6 is 11.8 Å². The van der Waals surface area contributed by atoms with E-state index in [1.54, 1.807) is 13.0 Å². The maximum atomic E-state index is 14.9. The minimum Gasteiger partial charge on any atom is -0.378 e. The number of nitrogens with zero attached hydrogens (tertiary/aromatic N) is 2. The molecule has 0 radical (unpaired) electrons. The highest BCUT2D eigenvalue weighted by atomic mass is 32.2. The van der Waals surface area contributed by atoms with Crippen LogP contribution in [0.4, 0.5) is 14.5 Å². The van der Waals surface area contributed by atoms with Gasteiger partial charge < -0.3 is 11.1 Å². The average Bonchev–Trinajstić information content (AvgIpc) is 2.67. The van der Waals surface area contributed by atoms with E-state index in [9.17, 15) is 18.4 Å². The topological polar surface area (TPSA) is 97.4 Å². The molecule has 2 heterocycles. The molecule has 3 N–H and O–H groups in total.